The van der Waals surface area contributed by atoms with Crippen molar-refractivity contribution in [3.8, 4) is 0 Å². The number of carbonyl (C=O) groups excluding carboxylic acids is 2. The highest BCUT2D eigenvalue weighted by atomic mass is 79.9. The average molecular weight is 468 g/mol. The minimum atomic E-state index is -0.367. The number of fused-ring (bicyclic) bond motifs is 1. The topological polar surface area (TPSA) is 75.4 Å². The van der Waals surface area contributed by atoms with Gasteiger partial charge < -0.3 is 16.0 Å². The lowest BCUT2D eigenvalue weighted by atomic mass is 9.95. The molecule has 0 aliphatic heterocycles. The van der Waals surface area contributed by atoms with Gasteiger partial charge in [-0.05, 0) is 55.6 Å². The molecule has 0 unspecified atom stereocenters. The quantitative estimate of drug-likeness (QED) is 0.435. The fraction of sp³-hybridized carbons (Fsp3) is 0.250. The standard InChI is InChI=1S/C24H26BrN3O2/c1-3-28(4-2)17-10-8-16(9-11-17)24(30)19-7-5-6-18-20(25)12-13-21(23(18)19)27-15-14-22(26)29/h5-13,27H,3-4,14-15H2,1-2H3,(H2,26,29). The molecule has 0 aliphatic rings. The molecule has 0 aromatic heterocycles. The lowest BCUT2D eigenvalue weighted by Gasteiger charge is -2.21. The Balaban J connectivity index is 2.01. The Hall–Kier alpha value is -2.86. The molecule has 0 saturated heterocycles. The highest BCUT2D eigenvalue weighted by Crippen LogP contribution is 2.34. The SMILES string of the molecule is CCN(CC)c1ccc(C(=O)c2cccc3c(Br)ccc(NCCC(N)=O)c23)cc1. The molecule has 0 atom stereocenters. The smallest absolute Gasteiger partial charge is 0.219 e. The van der Waals surface area contributed by atoms with Crippen LogP contribution in [0.15, 0.2) is 59.1 Å². The molecule has 5 nitrogen and oxygen atoms in total. The molecule has 0 aliphatic carbocycles. The van der Waals surface area contributed by atoms with Crippen molar-refractivity contribution in [1.82, 2.24) is 0 Å². The molecular weight excluding hydrogens is 442 g/mol. The van der Waals surface area contributed by atoms with Gasteiger partial charge in [-0.2, -0.15) is 0 Å². The summed E-state index contributed by atoms with van der Waals surface area (Å²) in [6.45, 7) is 6.47. The summed E-state index contributed by atoms with van der Waals surface area (Å²) < 4.78 is 0.907. The molecule has 0 fully saturated rings. The number of rotatable bonds is 9. The van der Waals surface area contributed by atoms with Gasteiger partial charge in [0, 0.05) is 58.4 Å². The van der Waals surface area contributed by atoms with E-state index in [1.54, 1.807) is 0 Å². The third kappa shape index (κ3) is 4.65. The van der Waals surface area contributed by atoms with Crippen LogP contribution in [0.1, 0.15) is 36.2 Å². The third-order valence-electron chi connectivity index (χ3n) is 5.18. The zero-order chi connectivity index (χ0) is 21.7. The van der Waals surface area contributed by atoms with Gasteiger partial charge >= 0.3 is 0 Å². The van der Waals surface area contributed by atoms with Gasteiger partial charge in [-0.25, -0.2) is 0 Å². The number of nitrogens with two attached hydrogens (primary N) is 1. The van der Waals surface area contributed by atoms with Gasteiger partial charge in [-0.15, -0.1) is 0 Å². The van der Waals surface area contributed by atoms with Crippen LogP contribution in [-0.2, 0) is 4.79 Å². The second kappa shape index (κ2) is 9.76. The van der Waals surface area contributed by atoms with E-state index in [-0.39, 0.29) is 18.1 Å². The predicted octanol–water partition coefficient (Wildman–Crippen LogP) is 4.97. The number of hydrogen-bond acceptors (Lipinski definition) is 4. The Labute approximate surface area is 185 Å². The van der Waals surface area contributed by atoms with E-state index in [1.165, 1.54) is 0 Å². The van der Waals surface area contributed by atoms with Crippen LogP contribution in [0.25, 0.3) is 10.8 Å². The molecule has 6 heteroatoms. The molecular formula is C24H26BrN3O2. The summed E-state index contributed by atoms with van der Waals surface area (Å²) in [7, 11) is 0. The number of anilines is 2. The Morgan fingerprint density at radius 3 is 2.33 bits per heavy atom. The minimum absolute atomic E-state index is 0.0391. The number of primary amides is 1. The van der Waals surface area contributed by atoms with E-state index in [9.17, 15) is 9.59 Å². The first-order valence-corrected chi connectivity index (χ1v) is 10.9. The first-order valence-electron chi connectivity index (χ1n) is 10.1. The summed E-state index contributed by atoms with van der Waals surface area (Å²) in [5, 5.41) is 5.01. The second-order valence-corrected chi connectivity index (χ2v) is 7.87. The first kappa shape index (κ1) is 21.8. The Morgan fingerprint density at radius 1 is 1.00 bits per heavy atom. The fourth-order valence-electron chi connectivity index (χ4n) is 3.60. The van der Waals surface area contributed by atoms with Crippen LogP contribution in [-0.4, -0.2) is 31.3 Å². The monoisotopic (exact) mass is 467 g/mol. The van der Waals surface area contributed by atoms with Crippen LogP contribution in [0.4, 0.5) is 11.4 Å². The molecule has 156 valence electrons. The number of nitrogens with one attached hydrogen (secondary N) is 1. The Morgan fingerprint density at radius 2 is 1.70 bits per heavy atom. The number of nitrogens with zero attached hydrogens (tertiary/aromatic N) is 1. The lowest BCUT2D eigenvalue weighted by Crippen LogP contribution is -2.21. The van der Waals surface area contributed by atoms with Gasteiger partial charge in [-0.3, -0.25) is 9.59 Å². The summed E-state index contributed by atoms with van der Waals surface area (Å²) in [6.07, 6.45) is 0.223. The van der Waals surface area contributed by atoms with E-state index in [0.717, 1.165) is 39.7 Å². The van der Waals surface area contributed by atoms with Crippen molar-refractivity contribution in [3.05, 3.63) is 70.2 Å². The van der Waals surface area contributed by atoms with E-state index >= 15 is 0 Å². The summed E-state index contributed by atoms with van der Waals surface area (Å²) in [5.41, 5.74) is 8.42. The zero-order valence-corrected chi connectivity index (χ0v) is 18.8. The van der Waals surface area contributed by atoms with Gasteiger partial charge in [0.2, 0.25) is 5.91 Å². The molecule has 1 amide bonds. The van der Waals surface area contributed by atoms with Crippen LogP contribution < -0.4 is 16.0 Å². The van der Waals surface area contributed by atoms with Crippen LogP contribution >= 0.6 is 15.9 Å². The largest absolute Gasteiger partial charge is 0.384 e. The number of carbonyl (C=O) groups is 2. The maximum atomic E-state index is 13.4. The summed E-state index contributed by atoms with van der Waals surface area (Å²) in [5.74, 6) is -0.406. The number of halogens is 1. The van der Waals surface area contributed by atoms with Crippen molar-refractivity contribution in [2.45, 2.75) is 20.3 Å². The van der Waals surface area contributed by atoms with Crippen molar-refractivity contribution in [3.63, 3.8) is 0 Å². The zero-order valence-electron chi connectivity index (χ0n) is 17.2. The van der Waals surface area contributed by atoms with Gasteiger partial charge in [0.05, 0.1) is 0 Å². The van der Waals surface area contributed by atoms with E-state index in [1.807, 2.05) is 54.6 Å². The van der Waals surface area contributed by atoms with Gasteiger partial charge in [0.1, 0.15) is 0 Å². The predicted molar refractivity (Wildman–Crippen MR) is 127 cm³/mol. The summed E-state index contributed by atoms with van der Waals surface area (Å²) in [4.78, 5) is 26.7. The van der Waals surface area contributed by atoms with Crippen molar-refractivity contribution in [2.75, 3.05) is 29.9 Å². The Bertz CT molecular complexity index is 1060. The molecule has 0 spiro atoms. The highest BCUT2D eigenvalue weighted by molar-refractivity contribution is 9.10. The number of benzene rings is 3. The first-order chi connectivity index (χ1) is 14.5. The van der Waals surface area contributed by atoms with Crippen molar-refractivity contribution >= 4 is 49.8 Å². The molecule has 3 aromatic carbocycles. The minimum Gasteiger partial charge on any atom is -0.384 e. The second-order valence-electron chi connectivity index (χ2n) is 7.01. The average Bonchev–Trinajstić information content (AvgIpc) is 2.76. The molecule has 30 heavy (non-hydrogen) atoms. The van der Waals surface area contributed by atoms with Gasteiger partial charge in [0.25, 0.3) is 0 Å². The number of ketones is 1. The molecule has 3 rings (SSSR count). The molecule has 0 bridgehead atoms. The van der Waals surface area contributed by atoms with Crippen molar-refractivity contribution in [2.24, 2.45) is 5.73 Å². The molecule has 3 N–H and O–H groups in total. The van der Waals surface area contributed by atoms with E-state index < -0.39 is 0 Å². The van der Waals surface area contributed by atoms with Crippen LogP contribution in [0, 0.1) is 0 Å². The summed E-state index contributed by atoms with van der Waals surface area (Å²) in [6, 6.07) is 17.3. The molecule has 0 heterocycles. The lowest BCUT2D eigenvalue weighted by molar-refractivity contribution is -0.117. The van der Waals surface area contributed by atoms with Crippen LogP contribution in [0.2, 0.25) is 0 Å². The van der Waals surface area contributed by atoms with Crippen molar-refractivity contribution < 1.29 is 9.59 Å². The molecule has 0 saturated carbocycles. The maximum absolute atomic E-state index is 13.4. The summed E-state index contributed by atoms with van der Waals surface area (Å²) >= 11 is 3.58. The van der Waals surface area contributed by atoms with E-state index in [4.69, 9.17) is 5.73 Å². The fourth-order valence-corrected chi connectivity index (χ4v) is 4.06. The van der Waals surface area contributed by atoms with Crippen molar-refractivity contribution in [1.29, 1.82) is 0 Å². The highest BCUT2D eigenvalue weighted by Gasteiger charge is 2.17. The van der Waals surface area contributed by atoms with Crippen LogP contribution in [0.3, 0.4) is 0 Å². The van der Waals surface area contributed by atoms with E-state index in [0.29, 0.717) is 17.7 Å². The molecule has 0 radical (unpaired) electrons. The maximum Gasteiger partial charge on any atom is 0.219 e. The van der Waals surface area contributed by atoms with E-state index in [2.05, 4.69) is 40.0 Å². The Kier molecular flexibility index (Phi) is 7.11. The van der Waals surface area contributed by atoms with Gasteiger partial charge in [-0.1, -0.05) is 34.1 Å². The molecule has 3 aromatic rings. The number of amides is 1. The number of hydrogen-bond donors (Lipinski definition) is 2. The van der Waals surface area contributed by atoms with Gasteiger partial charge in [0.15, 0.2) is 5.78 Å². The third-order valence-corrected chi connectivity index (χ3v) is 5.87. The normalized spacial score (nSPS) is 10.8. The van der Waals surface area contributed by atoms with Crippen LogP contribution in [0.5, 0.6) is 0 Å².